The normalized spacial score (nSPS) is 24.1. The molecule has 184 valence electrons. The number of anilines is 2. The summed E-state index contributed by atoms with van der Waals surface area (Å²) in [6, 6.07) is 11.4. The lowest BCUT2D eigenvalue weighted by molar-refractivity contribution is -0.145. The lowest BCUT2D eigenvalue weighted by Crippen LogP contribution is -2.50. The summed E-state index contributed by atoms with van der Waals surface area (Å²) < 4.78 is 0. The average Bonchev–Trinajstić information content (AvgIpc) is 3.33. The number of hydrogen-bond acceptors (Lipinski definition) is 4. The number of likely N-dealkylation sites (tertiary alicyclic amines) is 1. The van der Waals surface area contributed by atoms with Gasteiger partial charge in [-0.15, -0.1) is 0 Å². The first-order valence-electron chi connectivity index (χ1n) is 12.6. The maximum Gasteiger partial charge on any atom is 0.230 e. The highest BCUT2D eigenvalue weighted by atomic mass is 35.5. The van der Waals surface area contributed by atoms with Crippen molar-refractivity contribution in [2.75, 3.05) is 29.9 Å². The average molecular weight is 495 g/mol. The Kier molecular flexibility index (Phi) is 7.04. The Bertz CT molecular complexity index is 1110. The molecule has 5 rings (SSSR count). The van der Waals surface area contributed by atoms with Crippen LogP contribution in [0.4, 0.5) is 11.5 Å². The first-order valence-corrected chi connectivity index (χ1v) is 13.0. The topological polar surface area (TPSA) is 82.6 Å². The van der Waals surface area contributed by atoms with Crippen LogP contribution in [0.2, 0.25) is 5.02 Å². The van der Waals surface area contributed by atoms with E-state index in [0.717, 1.165) is 50.6 Å². The molecule has 3 amide bonds. The molecule has 1 aromatic heterocycles. The first-order chi connectivity index (χ1) is 17.0. The second-order valence-electron chi connectivity index (χ2n) is 9.84. The number of halogens is 1. The van der Waals surface area contributed by atoms with Crippen molar-refractivity contribution in [1.29, 1.82) is 0 Å². The number of aromatic nitrogens is 1. The van der Waals surface area contributed by atoms with Gasteiger partial charge in [0.1, 0.15) is 5.82 Å². The second kappa shape index (κ2) is 10.4. The highest BCUT2D eigenvalue weighted by molar-refractivity contribution is 6.30. The number of pyridine rings is 1. The van der Waals surface area contributed by atoms with Crippen molar-refractivity contribution in [3.63, 3.8) is 0 Å². The van der Waals surface area contributed by atoms with E-state index < -0.39 is 0 Å². The number of nitrogens with zero attached hydrogens (tertiary/aromatic N) is 3. The second-order valence-corrected chi connectivity index (χ2v) is 10.3. The molecule has 8 heteroatoms. The van der Waals surface area contributed by atoms with Crippen LogP contribution in [0.25, 0.3) is 0 Å². The fraction of sp³-hybridized carbons (Fsp3) is 0.481. The predicted octanol–water partition coefficient (Wildman–Crippen LogP) is 4.31. The van der Waals surface area contributed by atoms with E-state index in [-0.39, 0.29) is 35.5 Å². The van der Waals surface area contributed by atoms with Crippen LogP contribution in [0.1, 0.15) is 44.1 Å². The van der Waals surface area contributed by atoms with Crippen molar-refractivity contribution in [3.8, 4) is 0 Å². The van der Waals surface area contributed by atoms with Gasteiger partial charge in [-0.25, -0.2) is 4.98 Å². The van der Waals surface area contributed by atoms with Gasteiger partial charge in [-0.3, -0.25) is 14.4 Å². The first kappa shape index (κ1) is 23.8. The van der Waals surface area contributed by atoms with E-state index in [1.54, 1.807) is 12.1 Å². The molecule has 0 bridgehead atoms. The van der Waals surface area contributed by atoms with E-state index in [1.165, 1.54) is 11.8 Å². The van der Waals surface area contributed by atoms with Crippen molar-refractivity contribution < 1.29 is 14.4 Å². The minimum atomic E-state index is -0.316. The van der Waals surface area contributed by atoms with Gasteiger partial charge in [-0.05, 0) is 55.9 Å². The molecule has 35 heavy (non-hydrogen) atoms. The minimum absolute atomic E-state index is 0.0256. The Hall–Kier alpha value is -2.93. The molecule has 3 aliphatic rings. The van der Waals surface area contributed by atoms with Crippen molar-refractivity contribution in [1.82, 2.24) is 9.88 Å². The largest absolute Gasteiger partial charge is 0.342 e. The Morgan fingerprint density at radius 3 is 2.46 bits per heavy atom. The van der Waals surface area contributed by atoms with Gasteiger partial charge in [0.05, 0.1) is 16.9 Å². The summed E-state index contributed by atoms with van der Waals surface area (Å²) in [5.41, 5.74) is 2.18. The number of rotatable bonds is 4. The number of piperidine rings is 1. The molecule has 7 nitrogen and oxygen atoms in total. The van der Waals surface area contributed by atoms with Crippen LogP contribution in [0.3, 0.4) is 0 Å². The van der Waals surface area contributed by atoms with Crippen molar-refractivity contribution >= 4 is 40.8 Å². The molecular weight excluding hydrogens is 464 g/mol. The smallest absolute Gasteiger partial charge is 0.230 e. The minimum Gasteiger partial charge on any atom is -0.342 e. The molecular formula is C27H31ClN4O3. The van der Waals surface area contributed by atoms with Gasteiger partial charge in [-0.2, -0.15) is 0 Å². The van der Waals surface area contributed by atoms with E-state index in [1.807, 2.05) is 28.0 Å². The summed E-state index contributed by atoms with van der Waals surface area (Å²) in [6.07, 6.45) is 7.24. The summed E-state index contributed by atoms with van der Waals surface area (Å²) in [7, 11) is 0. The molecule has 0 radical (unpaired) electrons. The fourth-order valence-electron chi connectivity index (χ4n) is 5.79. The van der Waals surface area contributed by atoms with Gasteiger partial charge in [0.2, 0.25) is 17.7 Å². The molecule has 1 aliphatic carbocycles. The number of para-hydroxylation sites is 1. The third-order valence-corrected chi connectivity index (χ3v) is 7.86. The molecule has 0 unspecified atom stereocenters. The van der Waals surface area contributed by atoms with Gasteiger partial charge >= 0.3 is 0 Å². The van der Waals surface area contributed by atoms with Gasteiger partial charge in [0.15, 0.2) is 0 Å². The van der Waals surface area contributed by atoms with Crippen molar-refractivity contribution in [3.05, 3.63) is 53.2 Å². The van der Waals surface area contributed by atoms with Crippen LogP contribution in [-0.2, 0) is 20.8 Å². The summed E-state index contributed by atoms with van der Waals surface area (Å²) >= 11 is 5.88. The zero-order valence-corrected chi connectivity index (χ0v) is 20.5. The van der Waals surface area contributed by atoms with Crippen molar-refractivity contribution in [2.45, 2.75) is 44.9 Å². The van der Waals surface area contributed by atoms with Crippen LogP contribution in [0, 0.1) is 17.8 Å². The van der Waals surface area contributed by atoms with Gasteiger partial charge < -0.3 is 15.1 Å². The molecule has 1 saturated carbocycles. The molecule has 1 saturated heterocycles. The summed E-state index contributed by atoms with van der Waals surface area (Å²) in [5.74, 6) is -0.494. The van der Waals surface area contributed by atoms with E-state index in [0.29, 0.717) is 30.5 Å². The van der Waals surface area contributed by atoms with Crippen LogP contribution in [0.15, 0.2) is 42.6 Å². The molecule has 2 aromatic rings. The molecule has 3 atom stereocenters. The lowest BCUT2D eigenvalue weighted by Gasteiger charge is -2.38. The number of carbonyl (C=O) groups excluding carboxylic acids is 3. The summed E-state index contributed by atoms with van der Waals surface area (Å²) in [4.78, 5) is 48.0. The molecule has 2 aliphatic heterocycles. The Labute approximate surface area is 210 Å². The molecule has 2 fully saturated rings. The molecule has 3 heterocycles. The predicted molar refractivity (Wildman–Crippen MR) is 135 cm³/mol. The quantitative estimate of drug-likeness (QED) is 0.686. The van der Waals surface area contributed by atoms with Gasteiger partial charge in [0, 0.05) is 37.4 Å². The van der Waals surface area contributed by atoms with Crippen LogP contribution in [-0.4, -0.2) is 47.2 Å². The Morgan fingerprint density at radius 2 is 1.69 bits per heavy atom. The lowest BCUT2D eigenvalue weighted by atomic mass is 9.77. The number of fused-ring (bicyclic) bond motifs is 1. The SMILES string of the molecule is O=C(Nc1ccc(Cl)cn1)[C@@H]1CCCN(C(=O)[C@@H]2CCCC[C@H]2C(=O)N2CCc3ccccc32)C1. The fourth-order valence-corrected chi connectivity index (χ4v) is 5.91. The van der Waals surface area contributed by atoms with E-state index in [2.05, 4.69) is 16.4 Å². The number of hydrogen-bond donors (Lipinski definition) is 1. The highest BCUT2D eigenvalue weighted by Gasteiger charge is 2.42. The summed E-state index contributed by atoms with van der Waals surface area (Å²) in [6.45, 7) is 1.69. The Balaban J connectivity index is 1.26. The van der Waals surface area contributed by atoms with Crippen LogP contribution >= 0.6 is 11.6 Å². The molecule has 1 N–H and O–H groups in total. The standard InChI is InChI=1S/C27H31ClN4O3/c28-20-11-12-24(29-16-20)30-25(33)19-7-5-14-31(17-19)26(34)21-8-2-3-9-22(21)27(35)32-15-13-18-6-1-4-10-23(18)32/h1,4,6,10-12,16,19,21-22H,2-3,5,7-9,13-15,17H2,(H,29,30,33)/t19-,21-,22-/m1/s1. The third-order valence-electron chi connectivity index (χ3n) is 7.64. The Morgan fingerprint density at radius 1 is 0.914 bits per heavy atom. The van der Waals surface area contributed by atoms with E-state index >= 15 is 0 Å². The number of carbonyl (C=O) groups is 3. The number of amides is 3. The van der Waals surface area contributed by atoms with Crippen LogP contribution < -0.4 is 10.2 Å². The molecule has 1 aromatic carbocycles. The zero-order chi connectivity index (χ0) is 24.4. The van der Waals surface area contributed by atoms with Crippen LogP contribution in [0.5, 0.6) is 0 Å². The zero-order valence-electron chi connectivity index (χ0n) is 19.8. The number of nitrogens with one attached hydrogen (secondary N) is 1. The van der Waals surface area contributed by atoms with E-state index in [4.69, 9.17) is 11.6 Å². The summed E-state index contributed by atoms with van der Waals surface area (Å²) in [5, 5.41) is 3.35. The monoisotopic (exact) mass is 494 g/mol. The maximum atomic E-state index is 13.7. The maximum absolute atomic E-state index is 13.7. The van der Waals surface area contributed by atoms with Gasteiger partial charge in [-0.1, -0.05) is 42.6 Å². The number of benzene rings is 1. The molecule has 0 spiro atoms. The highest BCUT2D eigenvalue weighted by Crippen LogP contribution is 2.37. The van der Waals surface area contributed by atoms with Gasteiger partial charge in [0.25, 0.3) is 0 Å². The van der Waals surface area contributed by atoms with Crippen molar-refractivity contribution in [2.24, 2.45) is 17.8 Å². The van der Waals surface area contributed by atoms with E-state index in [9.17, 15) is 14.4 Å². The third kappa shape index (κ3) is 5.06.